The Bertz CT molecular complexity index is 1320. The first-order chi connectivity index (χ1) is 16.0. The molecule has 0 saturated heterocycles. The fraction of sp³-hybridized carbons (Fsp3) is 0.208. The van der Waals surface area contributed by atoms with E-state index in [1.807, 2.05) is 50.2 Å². The molecule has 4 aromatic rings. The largest absolute Gasteiger partial charge is 0.494 e. The van der Waals surface area contributed by atoms with Crippen LogP contribution in [0, 0.1) is 6.92 Å². The summed E-state index contributed by atoms with van der Waals surface area (Å²) >= 11 is 6.00. The van der Waals surface area contributed by atoms with E-state index in [2.05, 4.69) is 25.6 Å². The zero-order valence-corrected chi connectivity index (χ0v) is 18.9. The van der Waals surface area contributed by atoms with Gasteiger partial charge < -0.3 is 10.1 Å². The van der Waals surface area contributed by atoms with Crippen molar-refractivity contribution in [2.45, 2.75) is 26.2 Å². The van der Waals surface area contributed by atoms with Gasteiger partial charge in [0.1, 0.15) is 11.6 Å². The highest BCUT2D eigenvalue weighted by molar-refractivity contribution is 6.30. The number of carbonyl (C=O) groups is 1. The van der Waals surface area contributed by atoms with Gasteiger partial charge in [0.25, 0.3) is 5.95 Å². The summed E-state index contributed by atoms with van der Waals surface area (Å²) < 4.78 is 7.10. The van der Waals surface area contributed by atoms with Crippen LogP contribution in [-0.4, -0.2) is 37.5 Å². The number of nitrogens with zero attached hydrogens (tertiary/aromatic N) is 5. The number of anilines is 1. The van der Waals surface area contributed by atoms with Crippen molar-refractivity contribution in [3.05, 3.63) is 76.6 Å². The van der Waals surface area contributed by atoms with E-state index in [4.69, 9.17) is 16.3 Å². The van der Waals surface area contributed by atoms with Gasteiger partial charge >= 0.3 is 0 Å². The third-order valence-electron chi connectivity index (χ3n) is 5.57. The van der Waals surface area contributed by atoms with Crippen LogP contribution in [-0.2, 0) is 4.79 Å². The van der Waals surface area contributed by atoms with Crippen LogP contribution in [0.2, 0.25) is 5.02 Å². The molecule has 8 nitrogen and oxygen atoms in total. The maximum atomic E-state index is 12.6. The highest BCUT2D eigenvalue weighted by Crippen LogP contribution is 2.40. The van der Waals surface area contributed by atoms with Gasteiger partial charge in [0.15, 0.2) is 0 Å². The van der Waals surface area contributed by atoms with Crippen LogP contribution in [0.25, 0.3) is 17.2 Å². The van der Waals surface area contributed by atoms with Crippen molar-refractivity contribution in [1.82, 2.24) is 25.0 Å². The molecule has 3 heterocycles. The molecule has 2 aromatic heterocycles. The SMILES string of the molecule is CCOc1ccc([C@@H]2CC(=O)Nc3c2c(C)nn3-c2nncc(-c3ccc(Cl)cc3)n2)cc1. The molecule has 0 spiro atoms. The molecule has 1 N–H and O–H groups in total. The summed E-state index contributed by atoms with van der Waals surface area (Å²) in [7, 11) is 0. The number of nitrogens with one attached hydrogen (secondary N) is 1. The molecule has 166 valence electrons. The molecule has 33 heavy (non-hydrogen) atoms. The lowest BCUT2D eigenvalue weighted by Crippen LogP contribution is -2.25. The Morgan fingerprint density at radius 3 is 2.64 bits per heavy atom. The fourth-order valence-electron chi connectivity index (χ4n) is 4.08. The van der Waals surface area contributed by atoms with E-state index in [1.165, 1.54) is 0 Å². The number of aromatic nitrogens is 5. The topological polar surface area (TPSA) is 94.8 Å². The van der Waals surface area contributed by atoms with Gasteiger partial charge in [-0.3, -0.25) is 4.79 Å². The van der Waals surface area contributed by atoms with Crippen molar-refractivity contribution < 1.29 is 9.53 Å². The van der Waals surface area contributed by atoms with E-state index >= 15 is 0 Å². The minimum absolute atomic E-state index is 0.0932. The number of amides is 1. The van der Waals surface area contributed by atoms with Crippen LogP contribution in [0.3, 0.4) is 0 Å². The Morgan fingerprint density at radius 1 is 1.15 bits per heavy atom. The predicted octanol–water partition coefficient (Wildman–Crippen LogP) is 4.56. The lowest BCUT2D eigenvalue weighted by atomic mass is 9.86. The Balaban J connectivity index is 1.56. The quantitative estimate of drug-likeness (QED) is 0.469. The summed E-state index contributed by atoms with van der Waals surface area (Å²) in [4.78, 5) is 17.3. The number of aryl methyl sites for hydroxylation is 1. The molecule has 0 aliphatic carbocycles. The summed E-state index contributed by atoms with van der Waals surface area (Å²) in [5, 5.41) is 16.5. The molecule has 2 aromatic carbocycles. The second kappa shape index (κ2) is 8.63. The summed E-state index contributed by atoms with van der Waals surface area (Å²) in [5.74, 6) is 1.42. The molecule has 1 atom stereocenters. The van der Waals surface area contributed by atoms with Gasteiger partial charge in [-0.2, -0.15) is 14.9 Å². The molecule has 0 saturated carbocycles. The highest BCUT2D eigenvalue weighted by Gasteiger charge is 2.33. The Kier molecular flexibility index (Phi) is 5.51. The van der Waals surface area contributed by atoms with Gasteiger partial charge in [0.05, 0.1) is 24.2 Å². The normalized spacial score (nSPS) is 15.1. The number of rotatable bonds is 5. The lowest BCUT2D eigenvalue weighted by molar-refractivity contribution is -0.116. The summed E-state index contributed by atoms with van der Waals surface area (Å²) in [5.41, 5.74) is 4.24. The molecule has 0 bridgehead atoms. The monoisotopic (exact) mass is 460 g/mol. The minimum Gasteiger partial charge on any atom is -0.494 e. The van der Waals surface area contributed by atoms with E-state index in [1.54, 1.807) is 23.0 Å². The molecule has 1 aliphatic heterocycles. The second-order valence-electron chi connectivity index (χ2n) is 7.71. The molecule has 1 amide bonds. The predicted molar refractivity (Wildman–Crippen MR) is 125 cm³/mol. The first-order valence-electron chi connectivity index (χ1n) is 10.6. The van der Waals surface area contributed by atoms with Crippen LogP contribution in [0.4, 0.5) is 5.82 Å². The maximum absolute atomic E-state index is 12.6. The van der Waals surface area contributed by atoms with Crippen molar-refractivity contribution in [3.8, 4) is 23.0 Å². The summed E-state index contributed by atoms with van der Waals surface area (Å²) in [6.07, 6.45) is 1.91. The first-order valence-corrected chi connectivity index (χ1v) is 11.0. The number of ether oxygens (including phenoxy) is 1. The van der Waals surface area contributed by atoms with E-state index in [9.17, 15) is 4.79 Å². The molecular formula is C24H21ClN6O2. The zero-order valence-electron chi connectivity index (χ0n) is 18.1. The standard InChI is InChI=1S/C24H21ClN6O2/c1-3-33-18-10-6-15(7-11-18)19-12-21(32)28-23-22(19)14(2)30-31(23)24-27-20(13-26-29-24)16-4-8-17(25)9-5-16/h4-11,13,19H,3,12H2,1-2H3,(H,28,32)/t19-/m0/s1. The summed E-state index contributed by atoms with van der Waals surface area (Å²) in [6.45, 7) is 4.47. The van der Waals surface area contributed by atoms with Gasteiger partial charge in [0, 0.05) is 28.5 Å². The van der Waals surface area contributed by atoms with Crippen molar-refractivity contribution in [2.75, 3.05) is 11.9 Å². The fourth-order valence-corrected chi connectivity index (χ4v) is 4.21. The number of fused-ring (bicyclic) bond motifs is 1. The van der Waals surface area contributed by atoms with Crippen LogP contribution in [0.15, 0.2) is 54.7 Å². The maximum Gasteiger partial charge on any atom is 0.272 e. The minimum atomic E-state index is -0.134. The van der Waals surface area contributed by atoms with E-state index in [0.717, 1.165) is 28.1 Å². The second-order valence-corrected chi connectivity index (χ2v) is 8.15. The van der Waals surface area contributed by atoms with E-state index in [0.29, 0.717) is 29.6 Å². The molecule has 1 aliphatic rings. The first kappa shape index (κ1) is 21.1. The third kappa shape index (κ3) is 4.05. The van der Waals surface area contributed by atoms with E-state index < -0.39 is 0 Å². The number of hydrogen-bond donors (Lipinski definition) is 1. The molecule has 0 radical (unpaired) electrons. The molecule has 0 fully saturated rings. The zero-order chi connectivity index (χ0) is 22.9. The smallest absolute Gasteiger partial charge is 0.272 e. The number of halogens is 1. The van der Waals surface area contributed by atoms with Crippen molar-refractivity contribution >= 4 is 23.3 Å². The molecule has 9 heteroatoms. The van der Waals surface area contributed by atoms with Gasteiger partial charge in [-0.15, -0.1) is 5.10 Å². The van der Waals surface area contributed by atoms with Gasteiger partial charge in [-0.25, -0.2) is 4.98 Å². The van der Waals surface area contributed by atoms with E-state index in [-0.39, 0.29) is 17.8 Å². The highest BCUT2D eigenvalue weighted by atomic mass is 35.5. The molecule has 0 unspecified atom stereocenters. The van der Waals surface area contributed by atoms with Crippen LogP contribution >= 0.6 is 11.6 Å². The number of hydrogen-bond acceptors (Lipinski definition) is 6. The Morgan fingerprint density at radius 2 is 1.91 bits per heavy atom. The Hall–Kier alpha value is -3.78. The summed E-state index contributed by atoms with van der Waals surface area (Å²) in [6, 6.07) is 15.1. The van der Waals surface area contributed by atoms with Gasteiger partial charge in [0.2, 0.25) is 5.91 Å². The van der Waals surface area contributed by atoms with Crippen molar-refractivity contribution in [1.29, 1.82) is 0 Å². The third-order valence-corrected chi connectivity index (χ3v) is 5.83. The lowest BCUT2D eigenvalue weighted by Gasteiger charge is -2.24. The van der Waals surface area contributed by atoms with Crippen molar-refractivity contribution in [2.24, 2.45) is 0 Å². The average Bonchev–Trinajstić information content (AvgIpc) is 3.16. The van der Waals surface area contributed by atoms with Crippen LogP contribution < -0.4 is 10.1 Å². The average molecular weight is 461 g/mol. The number of carbonyl (C=O) groups excluding carboxylic acids is 1. The Labute approximate surface area is 195 Å². The molecule has 5 rings (SSSR count). The van der Waals surface area contributed by atoms with Crippen LogP contribution in [0.5, 0.6) is 5.75 Å². The van der Waals surface area contributed by atoms with Crippen molar-refractivity contribution in [3.63, 3.8) is 0 Å². The molecular weight excluding hydrogens is 440 g/mol. The van der Waals surface area contributed by atoms with Gasteiger partial charge in [-0.1, -0.05) is 35.9 Å². The van der Waals surface area contributed by atoms with Crippen LogP contribution in [0.1, 0.15) is 36.1 Å². The van der Waals surface area contributed by atoms with Gasteiger partial charge in [-0.05, 0) is 43.7 Å². The number of benzene rings is 2.